The normalized spacial score (nSPS) is 14.2. The Morgan fingerprint density at radius 2 is 2.00 bits per heavy atom. The number of carbonyl (C=O) groups excluding carboxylic acids is 2. The van der Waals surface area contributed by atoms with Crippen LogP contribution in [0.2, 0.25) is 0 Å². The third-order valence-corrected chi connectivity index (χ3v) is 4.32. The van der Waals surface area contributed by atoms with Gasteiger partial charge in [-0.2, -0.15) is 0 Å². The Labute approximate surface area is 147 Å². The highest BCUT2D eigenvalue weighted by atomic mass is 16.5. The molecule has 0 saturated heterocycles. The Morgan fingerprint density at radius 3 is 2.80 bits per heavy atom. The van der Waals surface area contributed by atoms with E-state index in [4.69, 9.17) is 4.74 Å². The van der Waals surface area contributed by atoms with Crippen LogP contribution in [0.1, 0.15) is 30.4 Å². The van der Waals surface area contributed by atoms with Gasteiger partial charge < -0.3 is 15.4 Å². The van der Waals surface area contributed by atoms with E-state index in [0.29, 0.717) is 25.1 Å². The zero-order valence-electron chi connectivity index (χ0n) is 14.2. The minimum absolute atomic E-state index is 0.0212. The molecular formula is C20H22N2O3. The number of hydrogen-bond donors (Lipinski definition) is 2. The van der Waals surface area contributed by atoms with Crippen molar-refractivity contribution in [2.45, 2.75) is 25.7 Å². The molecule has 0 radical (unpaired) electrons. The number of nitrogens with one attached hydrogen (secondary N) is 2. The van der Waals surface area contributed by atoms with Crippen LogP contribution in [0.4, 0.5) is 5.69 Å². The smallest absolute Gasteiger partial charge is 0.257 e. The van der Waals surface area contributed by atoms with Crippen LogP contribution < -0.4 is 15.4 Å². The Hall–Kier alpha value is -2.82. The van der Waals surface area contributed by atoms with E-state index in [9.17, 15) is 9.59 Å². The van der Waals surface area contributed by atoms with Gasteiger partial charge in [0.25, 0.3) is 5.91 Å². The largest absolute Gasteiger partial charge is 0.484 e. The molecule has 2 N–H and O–H groups in total. The first kappa shape index (κ1) is 17.0. The van der Waals surface area contributed by atoms with E-state index < -0.39 is 0 Å². The summed E-state index contributed by atoms with van der Waals surface area (Å²) in [6, 6.07) is 15.5. The van der Waals surface area contributed by atoms with E-state index in [2.05, 4.69) is 29.7 Å². The predicted octanol–water partition coefficient (Wildman–Crippen LogP) is 2.87. The number of benzene rings is 2. The molecule has 0 aliphatic carbocycles. The Bertz CT molecular complexity index is 759. The monoisotopic (exact) mass is 338 g/mol. The SMILES string of the molecule is CC(CNC(=O)COc1ccc2c(c1)CCC(=O)N2)c1ccccc1. The van der Waals surface area contributed by atoms with Gasteiger partial charge in [-0.05, 0) is 41.7 Å². The minimum atomic E-state index is -0.145. The minimum Gasteiger partial charge on any atom is -0.484 e. The number of amides is 2. The van der Waals surface area contributed by atoms with Crippen molar-refractivity contribution in [3.63, 3.8) is 0 Å². The van der Waals surface area contributed by atoms with Crippen LogP contribution in [0, 0.1) is 0 Å². The topological polar surface area (TPSA) is 67.4 Å². The van der Waals surface area contributed by atoms with Crippen molar-refractivity contribution in [3.05, 3.63) is 59.7 Å². The Kier molecular flexibility index (Phi) is 5.33. The average molecular weight is 338 g/mol. The zero-order valence-corrected chi connectivity index (χ0v) is 14.2. The molecule has 25 heavy (non-hydrogen) atoms. The van der Waals surface area contributed by atoms with Gasteiger partial charge in [0.15, 0.2) is 6.61 Å². The number of fused-ring (bicyclic) bond motifs is 1. The maximum atomic E-state index is 12.0. The second-order valence-electron chi connectivity index (χ2n) is 6.27. The van der Waals surface area contributed by atoms with Crippen LogP contribution in [0.15, 0.2) is 48.5 Å². The van der Waals surface area contributed by atoms with E-state index in [-0.39, 0.29) is 24.3 Å². The molecule has 2 amide bonds. The molecule has 130 valence electrons. The van der Waals surface area contributed by atoms with Crippen molar-refractivity contribution in [2.24, 2.45) is 0 Å². The van der Waals surface area contributed by atoms with Crippen molar-refractivity contribution in [1.82, 2.24) is 5.32 Å². The predicted molar refractivity (Wildman–Crippen MR) is 96.8 cm³/mol. The fourth-order valence-electron chi connectivity index (χ4n) is 2.82. The van der Waals surface area contributed by atoms with Crippen molar-refractivity contribution < 1.29 is 14.3 Å². The summed E-state index contributed by atoms with van der Waals surface area (Å²) in [5, 5.41) is 5.72. The van der Waals surface area contributed by atoms with E-state index in [1.807, 2.05) is 30.3 Å². The second-order valence-corrected chi connectivity index (χ2v) is 6.27. The molecule has 2 aromatic carbocycles. The van der Waals surface area contributed by atoms with Crippen LogP contribution in [0.5, 0.6) is 5.75 Å². The van der Waals surface area contributed by atoms with Crippen LogP contribution in [0.25, 0.3) is 0 Å². The number of hydrogen-bond acceptors (Lipinski definition) is 3. The van der Waals surface area contributed by atoms with Crippen LogP contribution in [-0.2, 0) is 16.0 Å². The van der Waals surface area contributed by atoms with Gasteiger partial charge in [-0.15, -0.1) is 0 Å². The van der Waals surface area contributed by atoms with Crippen LogP contribution in [0.3, 0.4) is 0 Å². The highest BCUT2D eigenvalue weighted by molar-refractivity contribution is 5.94. The van der Waals surface area contributed by atoms with E-state index in [1.54, 1.807) is 6.07 Å². The van der Waals surface area contributed by atoms with Gasteiger partial charge in [-0.3, -0.25) is 9.59 Å². The zero-order chi connectivity index (χ0) is 17.6. The van der Waals surface area contributed by atoms with Crippen LogP contribution >= 0.6 is 0 Å². The molecule has 1 heterocycles. The molecule has 0 bridgehead atoms. The molecule has 2 aromatic rings. The molecule has 0 fully saturated rings. The van der Waals surface area contributed by atoms with Gasteiger partial charge in [0.1, 0.15) is 5.75 Å². The van der Waals surface area contributed by atoms with Gasteiger partial charge >= 0.3 is 0 Å². The second kappa shape index (κ2) is 7.83. The van der Waals surface area contributed by atoms with E-state index >= 15 is 0 Å². The first-order valence-corrected chi connectivity index (χ1v) is 8.49. The Morgan fingerprint density at radius 1 is 1.20 bits per heavy atom. The lowest BCUT2D eigenvalue weighted by atomic mass is 10.0. The number of anilines is 1. The third-order valence-electron chi connectivity index (χ3n) is 4.32. The fourth-order valence-corrected chi connectivity index (χ4v) is 2.82. The van der Waals surface area contributed by atoms with E-state index in [1.165, 1.54) is 5.56 Å². The van der Waals surface area contributed by atoms with Gasteiger partial charge in [0.05, 0.1) is 0 Å². The lowest BCUT2D eigenvalue weighted by molar-refractivity contribution is -0.123. The highest BCUT2D eigenvalue weighted by Gasteiger charge is 2.15. The maximum Gasteiger partial charge on any atom is 0.257 e. The van der Waals surface area contributed by atoms with E-state index in [0.717, 1.165) is 11.3 Å². The molecule has 5 heteroatoms. The highest BCUT2D eigenvalue weighted by Crippen LogP contribution is 2.26. The molecule has 1 aliphatic rings. The summed E-state index contributed by atoms with van der Waals surface area (Å²) in [5.74, 6) is 0.778. The van der Waals surface area contributed by atoms with Gasteiger partial charge in [0, 0.05) is 18.7 Å². The first-order chi connectivity index (χ1) is 12.1. The summed E-state index contributed by atoms with van der Waals surface area (Å²) in [6.45, 7) is 2.63. The number of aryl methyl sites for hydroxylation is 1. The molecule has 1 aliphatic heterocycles. The Balaban J connectivity index is 1.47. The van der Waals surface area contributed by atoms with Gasteiger partial charge in [0.2, 0.25) is 5.91 Å². The number of carbonyl (C=O) groups is 2. The van der Waals surface area contributed by atoms with Crippen molar-refractivity contribution in [3.8, 4) is 5.75 Å². The molecule has 1 atom stereocenters. The summed E-state index contributed by atoms with van der Waals surface area (Å²) in [4.78, 5) is 23.4. The quantitative estimate of drug-likeness (QED) is 0.851. The molecule has 0 spiro atoms. The number of rotatable bonds is 6. The molecule has 0 aromatic heterocycles. The molecule has 3 rings (SSSR count). The molecule has 0 saturated carbocycles. The lowest BCUT2D eigenvalue weighted by Gasteiger charge is -2.18. The summed E-state index contributed by atoms with van der Waals surface area (Å²) in [6.07, 6.45) is 1.17. The molecule has 5 nitrogen and oxygen atoms in total. The fraction of sp³-hybridized carbons (Fsp3) is 0.300. The maximum absolute atomic E-state index is 12.0. The van der Waals surface area contributed by atoms with Crippen molar-refractivity contribution in [1.29, 1.82) is 0 Å². The van der Waals surface area contributed by atoms with Crippen molar-refractivity contribution in [2.75, 3.05) is 18.5 Å². The van der Waals surface area contributed by atoms with Gasteiger partial charge in [-0.1, -0.05) is 37.3 Å². The summed E-state index contributed by atoms with van der Waals surface area (Å²) in [7, 11) is 0. The lowest BCUT2D eigenvalue weighted by Crippen LogP contribution is -2.31. The summed E-state index contributed by atoms with van der Waals surface area (Å²) < 4.78 is 5.57. The third kappa shape index (κ3) is 4.59. The standard InChI is InChI=1S/C20H22N2O3/c1-14(15-5-3-2-4-6-15)12-21-20(24)13-25-17-8-9-18-16(11-17)7-10-19(23)22-18/h2-6,8-9,11,14H,7,10,12-13H2,1H3,(H,21,24)(H,22,23). The molecule has 1 unspecified atom stereocenters. The van der Waals surface area contributed by atoms with Gasteiger partial charge in [-0.25, -0.2) is 0 Å². The first-order valence-electron chi connectivity index (χ1n) is 8.49. The van der Waals surface area contributed by atoms with Crippen LogP contribution in [-0.4, -0.2) is 25.0 Å². The molecular weight excluding hydrogens is 316 g/mol. The van der Waals surface area contributed by atoms with Crippen molar-refractivity contribution >= 4 is 17.5 Å². The average Bonchev–Trinajstić information content (AvgIpc) is 2.65. The number of ether oxygens (including phenoxy) is 1. The summed E-state index contributed by atoms with van der Waals surface area (Å²) in [5.41, 5.74) is 3.06. The summed E-state index contributed by atoms with van der Waals surface area (Å²) >= 11 is 0.